The highest BCUT2D eigenvalue weighted by Gasteiger charge is 2.27. The lowest BCUT2D eigenvalue weighted by Crippen LogP contribution is -2.20. The molecule has 1 amide bonds. The van der Waals surface area contributed by atoms with Crippen LogP contribution in [-0.2, 0) is 31.8 Å². The smallest absolute Gasteiger partial charge is 0.497 e. The highest BCUT2D eigenvalue weighted by Crippen LogP contribution is 2.39. The van der Waals surface area contributed by atoms with Crippen LogP contribution in [-0.4, -0.2) is 32.9 Å². The largest absolute Gasteiger partial charge is 0.507 e. The van der Waals surface area contributed by atoms with Gasteiger partial charge in [0.2, 0.25) is 5.91 Å². The number of anilines is 1. The lowest BCUT2D eigenvalue weighted by molar-refractivity contribution is -0.116. The molecule has 0 fully saturated rings. The summed E-state index contributed by atoms with van der Waals surface area (Å²) in [6.45, 7) is 7.84. The first kappa shape index (κ1) is 23.2. The van der Waals surface area contributed by atoms with Crippen molar-refractivity contribution < 1.29 is 23.8 Å². The van der Waals surface area contributed by atoms with Crippen molar-refractivity contribution in [2.45, 2.75) is 32.1 Å². The number of nitriles is 1. The van der Waals surface area contributed by atoms with Gasteiger partial charge in [-0.3, -0.25) is 4.79 Å². The molecule has 0 bridgehead atoms. The summed E-state index contributed by atoms with van der Waals surface area (Å²) in [7, 11) is 2.82. The molecule has 2 rings (SSSR count). The number of fused-ring (bicyclic) bond motifs is 1. The molecule has 0 radical (unpaired) electrons. The molecule has 1 aromatic heterocycles. The summed E-state index contributed by atoms with van der Waals surface area (Å²) in [5.41, 5.74) is 2.26. The molecule has 0 aromatic carbocycles. The van der Waals surface area contributed by atoms with Crippen LogP contribution in [0.1, 0.15) is 35.3 Å². The fourth-order valence-corrected chi connectivity index (χ4v) is 4.51. The first-order valence-corrected chi connectivity index (χ1v) is 10.3. The van der Waals surface area contributed by atoms with E-state index in [1.165, 1.54) is 18.4 Å². The van der Waals surface area contributed by atoms with Gasteiger partial charge in [-0.2, -0.15) is 5.26 Å². The first-order chi connectivity index (χ1) is 14.4. The van der Waals surface area contributed by atoms with Crippen molar-refractivity contribution in [2.75, 3.05) is 26.1 Å². The molecule has 1 aliphatic rings. The van der Waals surface area contributed by atoms with E-state index in [9.17, 15) is 14.9 Å². The SMILES string of the molecule is C=C/C(=C\C(=C)CCC(=O)Nc1sc2c(c1C#N)CCC(COC(=O)OC)C2)OC. The molecule has 1 unspecified atom stereocenters. The predicted molar refractivity (Wildman–Crippen MR) is 115 cm³/mol. The number of thiophene rings is 1. The van der Waals surface area contributed by atoms with Crippen LogP contribution < -0.4 is 5.32 Å². The maximum atomic E-state index is 12.4. The molecule has 0 saturated carbocycles. The van der Waals surface area contributed by atoms with Crippen LogP contribution >= 0.6 is 11.3 Å². The van der Waals surface area contributed by atoms with Crippen molar-refractivity contribution in [3.63, 3.8) is 0 Å². The number of carbonyl (C=O) groups excluding carboxylic acids is 2. The van der Waals surface area contributed by atoms with Crippen molar-refractivity contribution in [3.05, 3.63) is 52.6 Å². The van der Waals surface area contributed by atoms with Gasteiger partial charge in [-0.15, -0.1) is 11.3 Å². The monoisotopic (exact) mass is 430 g/mol. The number of allylic oxidation sites excluding steroid dienone is 3. The second-order valence-electron chi connectivity index (χ2n) is 6.86. The Labute approximate surface area is 180 Å². The van der Waals surface area contributed by atoms with E-state index in [4.69, 9.17) is 9.47 Å². The number of nitrogens with zero attached hydrogens (tertiary/aromatic N) is 1. The number of ether oxygens (including phenoxy) is 3. The first-order valence-electron chi connectivity index (χ1n) is 9.52. The van der Waals surface area contributed by atoms with Gasteiger partial charge in [0.05, 0.1) is 26.4 Å². The molecule has 0 spiro atoms. The Morgan fingerprint density at radius 2 is 2.10 bits per heavy atom. The van der Waals surface area contributed by atoms with Gasteiger partial charge in [0, 0.05) is 11.3 Å². The van der Waals surface area contributed by atoms with E-state index in [0.29, 0.717) is 35.6 Å². The fraction of sp³-hybridized carbons (Fsp3) is 0.409. The van der Waals surface area contributed by atoms with Crippen molar-refractivity contribution in [1.29, 1.82) is 5.26 Å². The summed E-state index contributed by atoms with van der Waals surface area (Å²) < 4.78 is 14.7. The fourth-order valence-electron chi connectivity index (χ4n) is 3.19. The molecule has 30 heavy (non-hydrogen) atoms. The molecular weight excluding hydrogens is 404 g/mol. The van der Waals surface area contributed by atoms with E-state index in [2.05, 4.69) is 29.3 Å². The predicted octanol–water partition coefficient (Wildman–Crippen LogP) is 4.50. The van der Waals surface area contributed by atoms with Crippen molar-refractivity contribution in [3.8, 4) is 6.07 Å². The third-order valence-electron chi connectivity index (χ3n) is 4.79. The van der Waals surface area contributed by atoms with E-state index in [1.807, 2.05) is 0 Å². The van der Waals surface area contributed by atoms with Gasteiger partial charge in [-0.25, -0.2) is 4.79 Å². The number of nitrogens with one attached hydrogen (secondary N) is 1. The summed E-state index contributed by atoms with van der Waals surface area (Å²) in [4.78, 5) is 24.6. The molecule has 160 valence electrons. The van der Waals surface area contributed by atoms with E-state index in [1.54, 1.807) is 19.3 Å². The summed E-state index contributed by atoms with van der Waals surface area (Å²) in [5, 5.41) is 13.0. The quantitative estimate of drug-likeness (QED) is 0.352. The minimum absolute atomic E-state index is 0.167. The molecule has 0 aliphatic heterocycles. The topological polar surface area (TPSA) is 97.7 Å². The van der Waals surface area contributed by atoms with E-state index >= 15 is 0 Å². The van der Waals surface area contributed by atoms with E-state index in [-0.39, 0.29) is 24.9 Å². The van der Waals surface area contributed by atoms with Crippen LogP contribution in [0.25, 0.3) is 0 Å². The lowest BCUT2D eigenvalue weighted by atomic mass is 9.88. The molecule has 1 heterocycles. The normalized spacial score (nSPS) is 15.4. The summed E-state index contributed by atoms with van der Waals surface area (Å²) >= 11 is 1.42. The number of methoxy groups -OCH3 is 2. The summed E-state index contributed by atoms with van der Waals surface area (Å²) in [5.74, 6) is 0.576. The summed E-state index contributed by atoms with van der Waals surface area (Å²) in [6.07, 6.45) is 5.54. The Morgan fingerprint density at radius 3 is 2.73 bits per heavy atom. The Kier molecular flexibility index (Phi) is 8.69. The maximum absolute atomic E-state index is 12.4. The zero-order valence-corrected chi connectivity index (χ0v) is 18.1. The molecule has 1 aliphatic carbocycles. The second-order valence-corrected chi connectivity index (χ2v) is 7.96. The van der Waals surface area contributed by atoms with Crippen LogP contribution in [0.4, 0.5) is 9.80 Å². The standard InChI is InChI=1S/C22H26N2O5S/c1-5-16(27-3)10-14(2)6-9-20(25)24-21-18(12-23)17-8-7-15(11-19(17)30-21)13-29-22(26)28-4/h5,10,15H,1-2,6-9,11,13H2,3-4H3,(H,24,25)/b16-10+. The number of carbonyl (C=O) groups is 2. The lowest BCUT2D eigenvalue weighted by Gasteiger charge is -2.21. The van der Waals surface area contributed by atoms with E-state index < -0.39 is 6.16 Å². The molecule has 1 N–H and O–H groups in total. The van der Waals surface area contributed by atoms with Crippen LogP contribution in [0.15, 0.2) is 36.6 Å². The Bertz CT molecular complexity index is 894. The van der Waals surface area contributed by atoms with Crippen LogP contribution in [0.3, 0.4) is 0 Å². The Morgan fingerprint density at radius 1 is 1.33 bits per heavy atom. The van der Waals surface area contributed by atoms with Gasteiger partial charge in [0.15, 0.2) is 0 Å². The average molecular weight is 431 g/mol. The number of hydrogen-bond acceptors (Lipinski definition) is 7. The van der Waals surface area contributed by atoms with Gasteiger partial charge in [0.1, 0.15) is 16.8 Å². The van der Waals surface area contributed by atoms with Crippen LogP contribution in [0.5, 0.6) is 0 Å². The summed E-state index contributed by atoms with van der Waals surface area (Å²) in [6, 6.07) is 2.23. The molecule has 7 nitrogen and oxygen atoms in total. The molecule has 8 heteroatoms. The van der Waals surface area contributed by atoms with E-state index in [0.717, 1.165) is 22.4 Å². The van der Waals surface area contributed by atoms with Crippen LogP contribution in [0.2, 0.25) is 0 Å². The highest BCUT2D eigenvalue weighted by atomic mass is 32.1. The van der Waals surface area contributed by atoms with Crippen LogP contribution in [0, 0.1) is 17.2 Å². The van der Waals surface area contributed by atoms with Gasteiger partial charge in [0.25, 0.3) is 0 Å². The molecular formula is C22H26N2O5S. The third-order valence-corrected chi connectivity index (χ3v) is 5.96. The number of amides is 1. The molecule has 0 saturated heterocycles. The zero-order valence-electron chi connectivity index (χ0n) is 17.3. The van der Waals surface area contributed by atoms with Crippen molar-refractivity contribution in [1.82, 2.24) is 0 Å². The molecule has 1 atom stereocenters. The van der Waals surface area contributed by atoms with Crippen molar-refractivity contribution >= 4 is 28.4 Å². The van der Waals surface area contributed by atoms with Gasteiger partial charge >= 0.3 is 6.16 Å². The van der Waals surface area contributed by atoms with Crippen molar-refractivity contribution in [2.24, 2.45) is 5.92 Å². The van der Waals surface area contributed by atoms with Gasteiger partial charge in [-0.05, 0) is 49.3 Å². The molecule has 1 aromatic rings. The zero-order chi connectivity index (χ0) is 22.1. The second kappa shape index (κ2) is 11.2. The Hall–Kier alpha value is -3.05. The minimum atomic E-state index is -0.695. The third kappa shape index (κ3) is 6.22. The maximum Gasteiger partial charge on any atom is 0.507 e. The number of rotatable bonds is 9. The Balaban J connectivity index is 1.98. The van der Waals surface area contributed by atoms with Gasteiger partial charge in [-0.1, -0.05) is 18.7 Å². The highest BCUT2D eigenvalue weighted by molar-refractivity contribution is 7.16. The number of hydrogen-bond donors (Lipinski definition) is 1. The van der Waals surface area contributed by atoms with Gasteiger partial charge < -0.3 is 19.5 Å². The minimum Gasteiger partial charge on any atom is -0.497 e. The average Bonchev–Trinajstić information content (AvgIpc) is 3.10.